The molecule has 0 atom stereocenters. The predicted octanol–water partition coefficient (Wildman–Crippen LogP) is 3.83. The molecule has 0 aliphatic carbocycles. The quantitative estimate of drug-likeness (QED) is 0.795. The molecule has 0 fully saturated rings. The molecule has 2 N–H and O–H groups in total. The third kappa shape index (κ3) is 5.77. The second kappa shape index (κ2) is 8.33. The molecule has 7 heteroatoms. The van der Waals surface area contributed by atoms with Gasteiger partial charge in [0, 0.05) is 18.3 Å². The van der Waals surface area contributed by atoms with Gasteiger partial charge in [-0.25, -0.2) is 0 Å². The fourth-order valence-electron chi connectivity index (χ4n) is 2.19. The number of para-hydroxylation sites is 1. The second-order valence-electron chi connectivity index (χ2n) is 5.57. The monoisotopic (exact) mass is 362 g/mol. The van der Waals surface area contributed by atoms with Crippen molar-refractivity contribution in [1.29, 1.82) is 0 Å². The Morgan fingerprint density at radius 2 is 1.81 bits per heavy atom. The van der Waals surface area contributed by atoms with Gasteiger partial charge < -0.3 is 10.6 Å². The number of hydrogen-bond donors (Lipinski definition) is 2. The fraction of sp³-hybridized carbons (Fsp3) is 0.158. The minimum atomic E-state index is -4.95. The third-order valence-electron chi connectivity index (χ3n) is 3.44. The standard InChI is InChI=1S/C19H17F3N2O2/c1-13-5-4-6-14(11-13)9-10-17(25)24-16-8-3-2-7-15(16)12-23-18(26)19(20,21)22/h2-11H,12H2,1H3,(H,23,26)(H,24,25)/b10-9+. The van der Waals surface area contributed by atoms with Crippen molar-refractivity contribution in [3.63, 3.8) is 0 Å². The van der Waals surface area contributed by atoms with Crippen LogP contribution in [0.3, 0.4) is 0 Å². The van der Waals surface area contributed by atoms with Gasteiger partial charge >= 0.3 is 12.1 Å². The Kier molecular flexibility index (Phi) is 6.16. The van der Waals surface area contributed by atoms with Crippen LogP contribution in [0.25, 0.3) is 6.08 Å². The number of rotatable bonds is 5. The normalized spacial score (nSPS) is 11.4. The van der Waals surface area contributed by atoms with Gasteiger partial charge in [0.2, 0.25) is 5.91 Å². The summed E-state index contributed by atoms with van der Waals surface area (Å²) in [7, 11) is 0. The highest BCUT2D eigenvalue weighted by atomic mass is 19.4. The van der Waals surface area contributed by atoms with E-state index in [0.29, 0.717) is 11.3 Å². The van der Waals surface area contributed by atoms with Crippen LogP contribution in [0.1, 0.15) is 16.7 Å². The van der Waals surface area contributed by atoms with Gasteiger partial charge in [-0.3, -0.25) is 9.59 Å². The number of carbonyl (C=O) groups excluding carboxylic acids is 2. The number of aryl methyl sites for hydroxylation is 1. The van der Waals surface area contributed by atoms with Crippen LogP contribution in [-0.4, -0.2) is 18.0 Å². The Morgan fingerprint density at radius 1 is 1.08 bits per heavy atom. The molecule has 0 saturated heterocycles. The van der Waals surface area contributed by atoms with E-state index in [9.17, 15) is 22.8 Å². The zero-order valence-electron chi connectivity index (χ0n) is 13.9. The van der Waals surface area contributed by atoms with E-state index in [2.05, 4.69) is 5.32 Å². The Balaban J connectivity index is 2.03. The molecule has 0 aliphatic heterocycles. The van der Waals surface area contributed by atoms with Crippen LogP contribution in [0.15, 0.2) is 54.6 Å². The first kappa shape index (κ1) is 19.2. The van der Waals surface area contributed by atoms with Crippen molar-refractivity contribution in [2.24, 2.45) is 0 Å². The zero-order chi connectivity index (χ0) is 19.2. The van der Waals surface area contributed by atoms with E-state index in [0.717, 1.165) is 11.1 Å². The van der Waals surface area contributed by atoms with Crippen LogP contribution in [0.5, 0.6) is 0 Å². The molecule has 0 aromatic heterocycles. The Hall–Kier alpha value is -3.09. The van der Waals surface area contributed by atoms with Gasteiger partial charge in [0.1, 0.15) is 0 Å². The third-order valence-corrected chi connectivity index (χ3v) is 3.44. The minimum Gasteiger partial charge on any atom is -0.344 e. The molecule has 0 unspecified atom stereocenters. The van der Waals surface area contributed by atoms with Gasteiger partial charge in [-0.2, -0.15) is 13.2 Å². The molecule has 0 radical (unpaired) electrons. The number of hydrogen-bond acceptors (Lipinski definition) is 2. The maximum Gasteiger partial charge on any atom is 0.471 e. The lowest BCUT2D eigenvalue weighted by molar-refractivity contribution is -0.173. The molecule has 0 aliphatic rings. The van der Waals surface area contributed by atoms with Crippen molar-refractivity contribution < 1.29 is 22.8 Å². The highest BCUT2D eigenvalue weighted by Crippen LogP contribution is 2.18. The summed E-state index contributed by atoms with van der Waals surface area (Å²) in [4.78, 5) is 23.0. The van der Waals surface area contributed by atoms with Gasteiger partial charge in [0.15, 0.2) is 0 Å². The number of benzene rings is 2. The second-order valence-corrected chi connectivity index (χ2v) is 5.57. The lowest BCUT2D eigenvalue weighted by Gasteiger charge is -2.12. The molecule has 2 aromatic rings. The van der Waals surface area contributed by atoms with E-state index >= 15 is 0 Å². The first-order valence-electron chi connectivity index (χ1n) is 7.74. The van der Waals surface area contributed by atoms with Gasteiger partial charge in [0.05, 0.1) is 0 Å². The van der Waals surface area contributed by atoms with Crippen molar-refractivity contribution in [2.45, 2.75) is 19.6 Å². The molecule has 0 saturated carbocycles. The number of nitrogens with one attached hydrogen (secondary N) is 2. The lowest BCUT2D eigenvalue weighted by Crippen LogP contribution is -2.36. The van der Waals surface area contributed by atoms with E-state index in [1.165, 1.54) is 12.1 Å². The largest absolute Gasteiger partial charge is 0.471 e. The van der Waals surface area contributed by atoms with E-state index < -0.39 is 18.0 Å². The summed E-state index contributed by atoms with van der Waals surface area (Å²) in [5, 5.41) is 4.38. The summed E-state index contributed by atoms with van der Waals surface area (Å²) in [5.41, 5.74) is 2.60. The van der Waals surface area contributed by atoms with E-state index in [4.69, 9.17) is 0 Å². The average Bonchev–Trinajstić information content (AvgIpc) is 2.58. The predicted molar refractivity (Wildman–Crippen MR) is 93.2 cm³/mol. The highest BCUT2D eigenvalue weighted by molar-refractivity contribution is 6.02. The van der Waals surface area contributed by atoms with Crippen molar-refractivity contribution >= 4 is 23.6 Å². The summed E-state index contributed by atoms with van der Waals surface area (Å²) in [6.45, 7) is 1.58. The van der Waals surface area contributed by atoms with E-state index in [1.54, 1.807) is 29.6 Å². The summed E-state index contributed by atoms with van der Waals surface area (Å²) >= 11 is 0. The van der Waals surface area contributed by atoms with Crippen LogP contribution >= 0.6 is 0 Å². The summed E-state index contributed by atoms with van der Waals surface area (Å²) < 4.78 is 36.8. The first-order chi connectivity index (χ1) is 12.3. The molecule has 2 rings (SSSR count). The van der Waals surface area contributed by atoms with Crippen molar-refractivity contribution in [1.82, 2.24) is 5.32 Å². The van der Waals surface area contributed by atoms with Crippen LogP contribution in [0.4, 0.5) is 18.9 Å². The molecule has 2 aromatic carbocycles. The summed E-state index contributed by atoms with van der Waals surface area (Å²) in [6.07, 6.45) is -1.98. The van der Waals surface area contributed by atoms with Crippen molar-refractivity contribution in [3.8, 4) is 0 Å². The Morgan fingerprint density at radius 3 is 2.50 bits per heavy atom. The highest BCUT2D eigenvalue weighted by Gasteiger charge is 2.38. The molecule has 26 heavy (non-hydrogen) atoms. The number of alkyl halides is 3. The molecule has 4 nitrogen and oxygen atoms in total. The average molecular weight is 362 g/mol. The maximum absolute atomic E-state index is 12.3. The van der Waals surface area contributed by atoms with Gasteiger partial charge in [0.25, 0.3) is 0 Å². The van der Waals surface area contributed by atoms with E-state index in [1.807, 2.05) is 31.2 Å². The Labute approximate surface area is 148 Å². The van der Waals surface area contributed by atoms with Crippen molar-refractivity contribution in [3.05, 3.63) is 71.3 Å². The molecular formula is C19H17F3N2O2. The summed E-state index contributed by atoms with van der Waals surface area (Å²) in [6, 6.07) is 13.9. The number of anilines is 1. The van der Waals surface area contributed by atoms with Gasteiger partial charge in [-0.15, -0.1) is 0 Å². The van der Waals surface area contributed by atoms with Crippen LogP contribution < -0.4 is 10.6 Å². The molecule has 0 heterocycles. The smallest absolute Gasteiger partial charge is 0.344 e. The van der Waals surface area contributed by atoms with Crippen LogP contribution in [0, 0.1) is 6.92 Å². The molecule has 0 spiro atoms. The first-order valence-corrected chi connectivity index (χ1v) is 7.74. The number of carbonyl (C=O) groups is 2. The van der Waals surface area contributed by atoms with Crippen LogP contribution in [-0.2, 0) is 16.1 Å². The topological polar surface area (TPSA) is 58.2 Å². The molecule has 0 bridgehead atoms. The molecule has 2 amide bonds. The SMILES string of the molecule is Cc1cccc(/C=C/C(=O)Nc2ccccc2CNC(=O)C(F)(F)F)c1. The maximum atomic E-state index is 12.3. The van der Waals surface area contributed by atoms with E-state index in [-0.39, 0.29) is 6.54 Å². The van der Waals surface area contributed by atoms with Crippen molar-refractivity contribution in [2.75, 3.05) is 5.32 Å². The minimum absolute atomic E-state index is 0.328. The number of halogens is 3. The fourth-order valence-corrected chi connectivity index (χ4v) is 2.19. The zero-order valence-corrected chi connectivity index (χ0v) is 13.9. The van der Waals surface area contributed by atoms with Gasteiger partial charge in [-0.05, 0) is 30.2 Å². The lowest BCUT2D eigenvalue weighted by atomic mass is 10.1. The van der Waals surface area contributed by atoms with Crippen LogP contribution in [0.2, 0.25) is 0 Å². The van der Waals surface area contributed by atoms with Gasteiger partial charge in [-0.1, -0.05) is 48.0 Å². The summed E-state index contributed by atoms with van der Waals surface area (Å²) in [5.74, 6) is -2.46. The Bertz CT molecular complexity index is 830. The molecule has 136 valence electrons. The molecular weight excluding hydrogens is 345 g/mol. The number of amides is 2.